The minimum Gasteiger partial charge on any atom is -0.368 e. The second-order valence-electron chi connectivity index (χ2n) is 18.8. The molecule has 3 heterocycles. The number of fused-ring (bicyclic) bond motifs is 3. The van der Waals surface area contributed by atoms with Crippen molar-refractivity contribution in [1.82, 2.24) is 52.3 Å². The molecule has 0 radical (unpaired) electrons. The summed E-state index contributed by atoms with van der Waals surface area (Å²) in [5, 5.41) is 20.1. The summed E-state index contributed by atoms with van der Waals surface area (Å²) in [5.41, 5.74) is 10.1. The standard InChI is InChI=1S/C43H72N12O11S/c1-20(32(45)56)46-33(57)21(2)47-36(60)24(5)51-39(63)29(13-11-12-16-44)53-38(62)26(7)50-35(59)23(4)48-34(58)22(3)49-37(61)25(6)52-40(64)30-15-14-27-19-67-28-17-31(41(65)55(27)30)54(18-28)42(66)43(8,9)10/h20-31H,11-19,44H2,1-10H3,(H2,45,56)(H,46,57)(H,47,60)(H,48,58)(H,49,61)(H,50,59)(H,51,63)(H,52,64)(H,53,62)/t20-,21-,22-,23-,24-,25-,26-,27?,28+,29-,30-,31+/m0/s1. The SMILES string of the molecule is C[C@H](NC(=O)[C@H](C)NC(=O)[C@H](C)NC(=O)[C@H](CCCCN)NC(=O)[C@H](C)NC(=O)[C@H](C)NC(=O)[C@H](C)NC(=O)[C@H](C)NC(=O)[C@@H]1CCC2CS[C@@H]3C[C@H](C(=O)N21)N(C(=O)C(C)(C)C)C3)C(N)=O. The van der Waals surface area contributed by atoms with E-state index >= 15 is 0 Å². The first-order valence-electron chi connectivity index (χ1n) is 22.9. The number of hydrogen-bond donors (Lipinski definition) is 10. The summed E-state index contributed by atoms with van der Waals surface area (Å²) in [5.74, 6) is -6.16. The fraction of sp³-hybridized carbons (Fsp3) is 0.744. The normalized spacial score (nSPS) is 22.6. The van der Waals surface area contributed by atoms with E-state index in [1.54, 1.807) is 21.6 Å². The number of carbonyl (C=O) groups excluding carboxylic acids is 11. The van der Waals surface area contributed by atoms with Crippen LogP contribution in [0.3, 0.4) is 0 Å². The molecular weight excluding hydrogens is 893 g/mol. The average molecular weight is 965 g/mol. The number of rotatable bonds is 21. The van der Waals surface area contributed by atoms with Crippen LogP contribution in [-0.2, 0) is 52.7 Å². The van der Waals surface area contributed by atoms with Crippen LogP contribution in [0.4, 0.5) is 0 Å². The van der Waals surface area contributed by atoms with E-state index in [1.807, 2.05) is 20.8 Å². The van der Waals surface area contributed by atoms with Crippen molar-refractivity contribution < 1.29 is 52.7 Å². The van der Waals surface area contributed by atoms with Crippen molar-refractivity contribution in [2.75, 3.05) is 18.8 Å². The average Bonchev–Trinajstić information content (AvgIpc) is 3.89. The molecule has 12 atom stereocenters. The Morgan fingerprint density at radius 1 is 0.627 bits per heavy atom. The maximum Gasteiger partial charge on any atom is 0.246 e. The van der Waals surface area contributed by atoms with Gasteiger partial charge in [-0.3, -0.25) is 52.7 Å². The maximum absolute atomic E-state index is 14.0. The molecule has 0 spiro atoms. The van der Waals surface area contributed by atoms with Crippen LogP contribution in [0.25, 0.3) is 0 Å². The molecular formula is C43H72N12O11S. The second-order valence-corrected chi connectivity index (χ2v) is 20.1. The number of likely N-dealkylation sites (tertiary alicyclic amines) is 1. The number of nitrogens with two attached hydrogens (primary N) is 2. The van der Waals surface area contributed by atoms with Gasteiger partial charge >= 0.3 is 0 Å². The Labute approximate surface area is 396 Å². The van der Waals surface area contributed by atoms with E-state index in [4.69, 9.17) is 11.5 Å². The molecule has 376 valence electrons. The van der Waals surface area contributed by atoms with Crippen molar-refractivity contribution in [3.63, 3.8) is 0 Å². The zero-order valence-corrected chi connectivity index (χ0v) is 41.1. The van der Waals surface area contributed by atoms with E-state index in [-0.39, 0.29) is 29.5 Å². The van der Waals surface area contributed by atoms with Crippen LogP contribution in [0, 0.1) is 5.41 Å². The van der Waals surface area contributed by atoms with E-state index in [9.17, 15) is 52.7 Å². The van der Waals surface area contributed by atoms with Gasteiger partial charge in [0.2, 0.25) is 65.0 Å². The van der Waals surface area contributed by atoms with Crippen molar-refractivity contribution in [2.45, 2.75) is 179 Å². The van der Waals surface area contributed by atoms with Gasteiger partial charge in [-0.25, -0.2) is 0 Å². The summed E-state index contributed by atoms with van der Waals surface area (Å²) in [7, 11) is 0. The summed E-state index contributed by atoms with van der Waals surface area (Å²) < 4.78 is 0. The molecule has 0 aromatic rings. The van der Waals surface area contributed by atoms with Crippen LogP contribution in [0.5, 0.6) is 0 Å². The molecule has 67 heavy (non-hydrogen) atoms. The smallest absolute Gasteiger partial charge is 0.246 e. The molecule has 24 heteroatoms. The molecule has 11 amide bonds. The van der Waals surface area contributed by atoms with Gasteiger partial charge in [-0.15, -0.1) is 0 Å². The summed E-state index contributed by atoms with van der Waals surface area (Å²) in [6, 6.07) is -10.8. The third-order valence-corrected chi connectivity index (χ3v) is 13.3. The van der Waals surface area contributed by atoms with Crippen LogP contribution >= 0.6 is 11.8 Å². The molecule has 0 saturated carbocycles. The van der Waals surface area contributed by atoms with Crippen LogP contribution < -0.4 is 54.0 Å². The van der Waals surface area contributed by atoms with Gasteiger partial charge in [0.1, 0.15) is 60.4 Å². The van der Waals surface area contributed by atoms with Crippen molar-refractivity contribution in [1.29, 1.82) is 0 Å². The van der Waals surface area contributed by atoms with E-state index in [0.29, 0.717) is 50.9 Å². The van der Waals surface area contributed by atoms with Gasteiger partial charge in [-0.1, -0.05) is 20.8 Å². The number of amides is 11. The fourth-order valence-electron chi connectivity index (χ4n) is 7.70. The number of primary amides is 1. The van der Waals surface area contributed by atoms with E-state index in [0.717, 1.165) is 0 Å². The van der Waals surface area contributed by atoms with Gasteiger partial charge in [0, 0.05) is 29.0 Å². The lowest BCUT2D eigenvalue weighted by molar-refractivity contribution is -0.151. The van der Waals surface area contributed by atoms with Gasteiger partial charge < -0.3 is 63.8 Å². The predicted molar refractivity (Wildman–Crippen MR) is 247 cm³/mol. The Balaban J connectivity index is 1.51. The molecule has 0 aliphatic carbocycles. The zero-order valence-electron chi connectivity index (χ0n) is 40.2. The maximum atomic E-state index is 14.0. The van der Waals surface area contributed by atoms with Crippen molar-refractivity contribution in [2.24, 2.45) is 16.9 Å². The molecule has 3 aliphatic heterocycles. The van der Waals surface area contributed by atoms with Gasteiger partial charge in [0.05, 0.1) is 0 Å². The summed E-state index contributed by atoms with van der Waals surface area (Å²) in [6.07, 6.45) is 2.56. The van der Waals surface area contributed by atoms with Crippen molar-refractivity contribution >= 4 is 76.7 Å². The summed E-state index contributed by atoms with van der Waals surface area (Å²) in [4.78, 5) is 146. The molecule has 3 rings (SSSR count). The van der Waals surface area contributed by atoms with Gasteiger partial charge in [0.15, 0.2) is 0 Å². The fourth-order valence-corrected chi connectivity index (χ4v) is 9.11. The first-order valence-corrected chi connectivity index (χ1v) is 23.9. The van der Waals surface area contributed by atoms with Gasteiger partial charge in [-0.2, -0.15) is 11.8 Å². The van der Waals surface area contributed by atoms with E-state index < -0.39 is 119 Å². The highest BCUT2D eigenvalue weighted by Gasteiger charge is 2.51. The molecule has 12 N–H and O–H groups in total. The van der Waals surface area contributed by atoms with Crippen LogP contribution in [0.15, 0.2) is 0 Å². The van der Waals surface area contributed by atoms with Gasteiger partial charge in [0.25, 0.3) is 0 Å². The Morgan fingerprint density at radius 2 is 1.06 bits per heavy atom. The first kappa shape index (κ1) is 55.8. The Hall–Kier alpha value is -5.52. The third-order valence-electron chi connectivity index (χ3n) is 11.9. The molecule has 3 aliphatic rings. The number of carbonyl (C=O) groups is 11. The molecule has 0 aromatic carbocycles. The lowest BCUT2D eigenvalue weighted by atomic mass is 9.94. The number of nitrogens with zero attached hydrogens (tertiary/aromatic N) is 2. The number of thioether (sulfide) groups is 1. The highest BCUT2D eigenvalue weighted by Crippen LogP contribution is 2.39. The quantitative estimate of drug-likeness (QED) is 0.0506. The van der Waals surface area contributed by atoms with Crippen LogP contribution in [-0.4, -0.2) is 165 Å². The lowest BCUT2D eigenvalue weighted by Crippen LogP contribution is -2.59. The van der Waals surface area contributed by atoms with Crippen LogP contribution in [0.2, 0.25) is 0 Å². The molecule has 2 bridgehead atoms. The largest absolute Gasteiger partial charge is 0.368 e. The highest BCUT2D eigenvalue weighted by atomic mass is 32.2. The predicted octanol–water partition coefficient (Wildman–Crippen LogP) is -3.26. The summed E-state index contributed by atoms with van der Waals surface area (Å²) in [6.45, 7) is 15.9. The third kappa shape index (κ3) is 15.5. The number of nitrogens with one attached hydrogen (secondary N) is 8. The lowest BCUT2D eigenvalue weighted by Gasteiger charge is -2.36. The Kier molecular flexibility index (Phi) is 20.4. The molecule has 23 nitrogen and oxygen atoms in total. The molecule has 3 fully saturated rings. The zero-order chi connectivity index (χ0) is 50.7. The minimum absolute atomic E-state index is 0.125. The van der Waals surface area contributed by atoms with Crippen molar-refractivity contribution in [3.05, 3.63) is 0 Å². The Morgan fingerprint density at radius 3 is 1.51 bits per heavy atom. The number of hydrogen-bond acceptors (Lipinski definition) is 13. The van der Waals surface area contributed by atoms with Gasteiger partial charge in [-0.05, 0) is 93.5 Å². The van der Waals surface area contributed by atoms with Crippen LogP contribution in [0.1, 0.15) is 108 Å². The minimum atomic E-state index is -1.20. The first-order chi connectivity index (χ1) is 31.2. The molecule has 1 unspecified atom stereocenters. The van der Waals surface area contributed by atoms with E-state index in [2.05, 4.69) is 42.5 Å². The highest BCUT2D eigenvalue weighted by molar-refractivity contribution is 8.00. The molecule has 3 saturated heterocycles. The number of unbranched alkanes of at least 4 members (excludes halogenated alkanes) is 1. The topological polar surface area (TPSA) is 343 Å². The Bertz CT molecular complexity index is 1900. The van der Waals surface area contributed by atoms with E-state index in [1.165, 1.54) is 48.5 Å². The van der Waals surface area contributed by atoms with Crippen molar-refractivity contribution in [3.8, 4) is 0 Å². The summed E-state index contributed by atoms with van der Waals surface area (Å²) >= 11 is 1.70. The molecule has 0 aromatic heterocycles. The second kappa shape index (κ2) is 24.5. The monoisotopic (exact) mass is 965 g/mol.